The standard InChI is InChI=1S/C14H29Cl2NO6S/c1-14(2,17(15)16)4-3-12-24(19,20)13-11-23-10-9-22-8-7-21-6-5-18/h18H,3-13H2,1-2H3. The maximum Gasteiger partial charge on any atom is 0.152 e. The summed E-state index contributed by atoms with van der Waals surface area (Å²) in [5.74, 6) is 0.0681. The van der Waals surface area contributed by atoms with Gasteiger partial charge in [-0.1, -0.05) is 0 Å². The van der Waals surface area contributed by atoms with E-state index in [0.717, 1.165) is 3.94 Å². The molecule has 0 aromatic carbocycles. The molecule has 146 valence electrons. The Hall–Kier alpha value is 0.330. The minimum atomic E-state index is -3.15. The number of nitrogens with zero attached hydrogens (tertiary/aromatic N) is 1. The van der Waals surface area contributed by atoms with Gasteiger partial charge in [-0.3, -0.25) is 0 Å². The molecule has 0 bridgehead atoms. The van der Waals surface area contributed by atoms with Gasteiger partial charge in [0.25, 0.3) is 0 Å². The number of sulfone groups is 1. The van der Waals surface area contributed by atoms with E-state index < -0.39 is 15.4 Å². The predicted molar refractivity (Wildman–Crippen MR) is 95.1 cm³/mol. The van der Waals surface area contributed by atoms with Crippen LogP contribution in [0.4, 0.5) is 0 Å². The molecule has 0 saturated heterocycles. The summed E-state index contributed by atoms with van der Waals surface area (Å²) in [6.45, 7) is 5.65. The van der Waals surface area contributed by atoms with E-state index in [-0.39, 0.29) is 24.7 Å². The van der Waals surface area contributed by atoms with Crippen LogP contribution in [0.3, 0.4) is 0 Å². The van der Waals surface area contributed by atoms with Crippen LogP contribution in [-0.4, -0.2) is 80.8 Å². The first-order valence-corrected chi connectivity index (χ1v) is 10.4. The first kappa shape index (κ1) is 24.3. The second-order valence-corrected chi connectivity index (χ2v) is 9.01. The third-order valence-electron chi connectivity index (χ3n) is 3.22. The summed E-state index contributed by atoms with van der Waals surface area (Å²) >= 11 is 11.4. The first-order valence-electron chi connectivity index (χ1n) is 7.87. The van der Waals surface area contributed by atoms with Crippen molar-refractivity contribution in [2.45, 2.75) is 32.2 Å². The quantitative estimate of drug-likeness (QED) is 0.306. The smallest absolute Gasteiger partial charge is 0.152 e. The molecular formula is C14H29Cl2NO6S. The molecule has 7 nitrogen and oxygen atoms in total. The third kappa shape index (κ3) is 13.6. The third-order valence-corrected chi connectivity index (χ3v) is 5.83. The first-order chi connectivity index (χ1) is 11.2. The van der Waals surface area contributed by atoms with E-state index in [1.165, 1.54) is 0 Å². The summed E-state index contributed by atoms with van der Waals surface area (Å²) < 4.78 is 40.3. The van der Waals surface area contributed by atoms with Crippen molar-refractivity contribution >= 4 is 33.4 Å². The van der Waals surface area contributed by atoms with Gasteiger partial charge in [-0.2, -0.15) is 0 Å². The van der Waals surface area contributed by atoms with E-state index >= 15 is 0 Å². The summed E-state index contributed by atoms with van der Waals surface area (Å²) in [5.41, 5.74) is -0.465. The second kappa shape index (κ2) is 13.5. The van der Waals surface area contributed by atoms with Crippen LogP contribution in [0.25, 0.3) is 0 Å². The van der Waals surface area contributed by atoms with E-state index in [2.05, 4.69) is 0 Å². The highest BCUT2D eigenvalue weighted by molar-refractivity contribution is 7.91. The lowest BCUT2D eigenvalue weighted by atomic mass is 10.0. The summed E-state index contributed by atoms with van der Waals surface area (Å²) in [7, 11) is -3.15. The van der Waals surface area contributed by atoms with E-state index in [9.17, 15) is 8.42 Å². The molecule has 24 heavy (non-hydrogen) atoms. The van der Waals surface area contributed by atoms with Gasteiger partial charge in [-0.25, -0.2) is 8.42 Å². The summed E-state index contributed by atoms with van der Waals surface area (Å²) in [5, 5.41) is 8.50. The van der Waals surface area contributed by atoms with Crippen LogP contribution in [0.2, 0.25) is 0 Å². The number of hydrogen-bond donors (Lipinski definition) is 1. The molecule has 10 heteroatoms. The molecule has 0 aliphatic heterocycles. The van der Waals surface area contributed by atoms with Gasteiger partial charge in [0.05, 0.1) is 57.8 Å². The molecule has 0 atom stereocenters. The Bertz CT molecular complexity index is 406. The zero-order valence-corrected chi connectivity index (χ0v) is 16.7. The molecule has 0 unspecified atom stereocenters. The van der Waals surface area contributed by atoms with Crippen molar-refractivity contribution in [2.24, 2.45) is 0 Å². The zero-order valence-electron chi connectivity index (χ0n) is 14.4. The average molecular weight is 410 g/mol. The summed E-state index contributed by atoms with van der Waals surface area (Å²) in [6, 6.07) is 0. The minimum absolute atomic E-state index is 0.00884. The van der Waals surface area contributed by atoms with Gasteiger partial charge in [-0.05, 0) is 50.2 Å². The number of hydrogen-bond acceptors (Lipinski definition) is 7. The molecular weight excluding hydrogens is 381 g/mol. The molecule has 0 rings (SSSR count). The maximum absolute atomic E-state index is 11.9. The van der Waals surface area contributed by atoms with Gasteiger partial charge >= 0.3 is 0 Å². The van der Waals surface area contributed by atoms with E-state index in [1.54, 1.807) is 0 Å². The predicted octanol–water partition coefficient (Wildman–Crippen LogP) is 1.61. The van der Waals surface area contributed by atoms with E-state index in [4.69, 9.17) is 42.9 Å². The van der Waals surface area contributed by atoms with Gasteiger partial charge in [0.1, 0.15) is 0 Å². The number of aliphatic hydroxyl groups is 1. The Labute approximate surface area is 155 Å². The van der Waals surface area contributed by atoms with Gasteiger partial charge in [0.2, 0.25) is 0 Å². The van der Waals surface area contributed by atoms with Crippen molar-refractivity contribution in [2.75, 3.05) is 57.8 Å². The van der Waals surface area contributed by atoms with Gasteiger partial charge in [0, 0.05) is 5.54 Å². The van der Waals surface area contributed by atoms with Crippen LogP contribution in [0.15, 0.2) is 0 Å². The lowest BCUT2D eigenvalue weighted by Crippen LogP contribution is -2.31. The van der Waals surface area contributed by atoms with Crippen LogP contribution in [0.5, 0.6) is 0 Å². The Kier molecular flexibility index (Phi) is 13.7. The highest BCUT2D eigenvalue weighted by Crippen LogP contribution is 2.25. The van der Waals surface area contributed by atoms with Crippen molar-refractivity contribution in [1.29, 1.82) is 0 Å². The van der Waals surface area contributed by atoms with E-state index in [1.807, 2.05) is 13.8 Å². The topological polar surface area (TPSA) is 85.3 Å². The highest BCUT2D eigenvalue weighted by Gasteiger charge is 2.24. The van der Waals surface area contributed by atoms with Crippen molar-refractivity contribution < 1.29 is 27.7 Å². The molecule has 0 spiro atoms. The molecule has 1 N–H and O–H groups in total. The number of ether oxygens (including phenoxy) is 3. The largest absolute Gasteiger partial charge is 0.394 e. The van der Waals surface area contributed by atoms with Crippen molar-refractivity contribution in [3.8, 4) is 0 Å². The summed E-state index contributed by atoms with van der Waals surface area (Å²) in [6.07, 6.45) is 1.06. The Balaban J connectivity index is 3.61. The van der Waals surface area contributed by atoms with Crippen molar-refractivity contribution in [1.82, 2.24) is 3.94 Å². The Morgan fingerprint density at radius 3 is 1.92 bits per heavy atom. The fraction of sp³-hybridized carbons (Fsp3) is 1.00. The lowest BCUT2D eigenvalue weighted by Gasteiger charge is -2.27. The van der Waals surface area contributed by atoms with Crippen molar-refractivity contribution in [3.63, 3.8) is 0 Å². The fourth-order valence-corrected chi connectivity index (χ4v) is 3.03. The molecule has 0 heterocycles. The fourth-order valence-electron chi connectivity index (χ4n) is 1.70. The molecule has 0 saturated carbocycles. The monoisotopic (exact) mass is 409 g/mol. The zero-order chi connectivity index (χ0) is 18.5. The highest BCUT2D eigenvalue weighted by atomic mass is 35.5. The minimum Gasteiger partial charge on any atom is -0.394 e. The Morgan fingerprint density at radius 2 is 1.42 bits per heavy atom. The molecule has 0 aromatic heterocycles. The lowest BCUT2D eigenvalue weighted by molar-refractivity contribution is 0.00989. The number of rotatable bonds is 16. The van der Waals surface area contributed by atoms with Crippen LogP contribution < -0.4 is 0 Å². The number of halogens is 2. The van der Waals surface area contributed by atoms with Gasteiger partial charge in [0.15, 0.2) is 9.84 Å². The SMILES string of the molecule is CC(C)(CCCS(=O)(=O)CCOCCOCCOCCO)N(Cl)Cl. The Morgan fingerprint density at radius 1 is 0.917 bits per heavy atom. The maximum atomic E-state index is 11.9. The van der Waals surface area contributed by atoms with Crippen LogP contribution in [0.1, 0.15) is 26.7 Å². The molecule has 0 aromatic rings. The van der Waals surface area contributed by atoms with Crippen LogP contribution in [0, 0.1) is 0 Å². The van der Waals surface area contributed by atoms with Gasteiger partial charge < -0.3 is 19.3 Å². The van der Waals surface area contributed by atoms with Crippen LogP contribution >= 0.6 is 23.6 Å². The normalized spacial score (nSPS) is 12.9. The molecule has 0 aliphatic rings. The second-order valence-electron chi connectivity index (χ2n) is 5.86. The number of aliphatic hydroxyl groups excluding tert-OH is 1. The molecule has 0 radical (unpaired) electrons. The average Bonchev–Trinajstić information content (AvgIpc) is 2.48. The van der Waals surface area contributed by atoms with Gasteiger partial charge in [-0.15, -0.1) is 3.94 Å². The molecule has 0 amide bonds. The van der Waals surface area contributed by atoms with Crippen LogP contribution in [-0.2, 0) is 24.0 Å². The van der Waals surface area contributed by atoms with E-state index in [0.29, 0.717) is 45.9 Å². The molecule has 0 fully saturated rings. The summed E-state index contributed by atoms with van der Waals surface area (Å²) in [4.78, 5) is 0. The van der Waals surface area contributed by atoms with Crippen molar-refractivity contribution in [3.05, 3.63) is 0 Å². The molecule has 0 aliphatic carbocycles.